The number of carbonyl (C=O) groups is 1. The van der Waals surface area contributed by atoms with Crippen molar-refractivity contribution >= 4 is 5.91 Å². The topological polar surface area (TPSA) is 70.0 Å². The van der Waals surface area contributed by atoms with Crippen LogP contribution in [-0.4, -0.2) is 46.8 Å². The monoisotopic (exact) mass is 341 g/mol. The molecule has 1 amide bonds. The van der Waals surface area contributed by atoms with Crippen LogP contribution in [0.4, 0.5) is 0 Å². The first-order chi connectivity index (χ1) is 12.1. The quantitative estimate of drug-likeness (QED) is 0.897. The van der Waals surface area contributed by atoms with Crippen molar-refractivity contribution in [1.29, 1.82) is 0 Å². The summed E-state index contributed by atoms with van der Waals surface area (Å²) in [5, 5.41) is 20.6. The Morgan fingerprint density at radius 1 is 1.28 bits per heavy atom. The van der Waals surface area contributed by atoms with Crippen molar-refractivity contribution < 1.29 is 19.7 Å². The van der Waals surface area contributed by atoms with E-state index in [4.69, 9.17) is 4.74 Å². The van der Waals surface area contributed by atoms with Gasteiger partial charge in [0.25, 0.3) is 5.91 Å². The number of phenols is 1. The minimum atomic E-state index is -0.672. The lowest BCUT2D eigenvalue weighted by Gasteiger charge is -2.37. The van der Waals surface area contributed by atoms with E-state index in [-0.39, 0.29) is 17.7 Å². The molecular weight excluding hydrogens is 318 g/mol. The van der Waals surface area contributed by atoms with Gasteiger partial charge in [0.2, 0.25) is 0 Å². The number of rotatable bonds is 4. The number of benzene rings is 2. The van der Waals surface area contributed by atoms with Gasteiger partial charge in [-0.05, 0) is 24.6 Å². The molecule has 0 unspecified atom stereocenters. The number of aliphatic hydroxyl groups excluding tert-OH is 1. The van der Waals surface area contributed by atoms with E-state index in [0.29, 0.717) is 31.7 Å². The van der Waals surface area contributed by atoms with E-state index in [9.17, 15) is 15.0 Å². The molecule has 1 aliphatic heterocycles. The predicted octanol–water partition coefficient (Wildman–Crippen LogP) is 2.67. The summed E-state index contributed by atoms with van der Waals surface area (Å²) in [6, 6.07) is 14.1. The summed E-state index contributed by atoms with van der Waals surface area (Å²) in [5.74, 6) is -0.251. The molecule has 2 aromatic carbocycles. The largest absolute Gasteiger partial charge is 0.507 e. The molecular formula is C20H23NO4. The number of amides is 1. The highest BCUT2D eigenvalue weighted by Crippen LogP contribution is 2.26. The van der Waals surface area contributed by atoms with Crippen LogP contribution in [-0.2, 0) is 4.74 Å². The van der Waals surface area contributed by atoms with Crippen LogP contribution in [0.5, 0.6) is 5.75 Å². The third-order valence-corrected chi connectivity index (χ3v) is 4.55. The van der Waals surface area contributed by atoms with Crippen LogP contribution >= 0.6 is 0 Å². The average Bonchev–Trinajstić information content (AvgIpc) is 2.64. The molecule has 5 heteroatoms. The molecule has 0 aromatic heterocycles. The number of carbonyl (C=O) groups excluding carboxylic acids is 1. The zero-order valence-corrected chi connectivity index (χ0v) is 14.3. The molecule has 2 N–H and O–H groups in total. The molecule has 0 saturated carbocycles. The second-order valence-corrected chi connectivity index (χ2v) is 6.41. The van der Waals surface area contributed by atoms with Crippen LogP contribution in [0.15, 0.2) is 48.5 Å². The molecule has 2 atom stereocenters. The number of morpholine rings is 1. The maximum Gasteiger partial charge on any atom is 0.258 e. The van der Waals surface area contributed by atoms with E-state index < -0.39 is 6.10 Å². The van der Waals surface area contributed by atoms with E-state index in [2.05, 4.69) is 0 Å². The third-order valence-electron chi connectivity index (χ3n) is 4.55. The van der Waals surface area contributed by atoms with Crippen molar-refractivity contribution in [3.05, 3.63) is 65.2 Å². The van der Waals surface area contributed by atoms with Crippen molar-refractivity contribution in [3.63, 3.8) is 0 Å². The van der Waals surface area contributed by atoms with Gasteiger partial charge in [-0.3, -0.25) is 4.79 Å². The Hall–Kier alpha value is -2.37. The Balaban J connectivity index is 1.78. The highest BCUT2D eigenvalue weighted by molar-refractivity contribution is 5.97. The highest BCUT2D eigenvalue weighted by Gasteiger charge is 2.31. The van der Waals surface area contributed by atoms with Crippen LogP contribution in [0.1, 0.15) is 34.0 Å². The number of hydrogen-bond acceptors (Lipinski definition) is 4. The molecule has 25 heavy (non-hydrogen) atoms. The molecule has 0 aliphatic carbocycles. The zero-order chi connectivity index (χ0) is 17.8. The number of aromatic hydroxyl groups is 1. The fourth-order valence-electron chi connectivity index (χ4n) is 3.16. The van der Waals surface area contributed by atoms with Crippen LogP contribution in [0.25, 0.3) is 0 Å². The minimum Gasteiger partial charge on any atom is -0.507 e. The van der Waals surface area contributed by atoms with Gasteiger partial charge in [-0.25, -0.2) is 0 Å². The Kier molecular flexibility index (Phi) is 5.36. The fraction of sp³-hybridized carbons (Fsp3) is 0.350. The van der Waals surface area contributed by atoms with Gasteiger partial charge in [-0.1, -0.05) is 42.0 Å². The fourth-order valence-corrected chi connectivity index (χ4v) is 3.16. The van der Waals surface area contributed by atoms with Crippen LogP contribution in [0.3, 0.4) is 0 Å². The molecule has 2 aromatic rings. The highest BCUT2D eigenvalue weighted by atomic mass is 16.5. The number of ether oxygens (including phenoxy) is 1. The third kappa shape index (κ3) is 4.00. The van der Waals surface area contributed by atoms with Crippen LogP contribution in [0, 0.1) is 6.92 Å². The molecule has 132 valence electrons. The number of hydrogen-bond donors (Lipinski definition) is 2. The first kappa shape index (κ1) is 17.5. The summed E-state index contributed by atoms with van der Waals surface area (Å²) < 4.78 is 5.52. The smallest absolute Gasteiger partial charge is 0.258 e. The number of phenolic OH excluding ortho intramolecular Hbond substituents is 1. The van der Waals surface area contributed by atoms with Gasteiger partial charge in [0.15, 0.2) is 0 Å². The maximum atomic E-state index is 12.9. The molecule has 0 spiro atoms. The lowest BCUT2D eigenvalue weighted by Crippen LogP contribution is -2.49. The first-order valence-electron chi connectivity index (χ1n) is 8.47. The van der Waals surface area contributed by atoms with Gasteiger partial charge in [-0.15, -0.1) is 0 Å². The van der Waals surface area contributed by atoms with Crippen molar-refractivity contribution in [1.82, 2.24) is 4.90 Å². The van der Waals surface area contributed by atoms with Gasteiger partial charge in [0, 0.05) is 13.0 Å². The summed E-state index contributed by atoms with van der Waals surface area (Å²) in [5.41, 5.74) is 2.02. The van der Waals surface area contributed by atoms with E-state index in [1.165, 1.54) is 6.07 Å². The molecule has 0 radical (unpaired) electrons. The van der Waals surface area contributed by atoms with Crippen LogP contribution in [0.2, 0.25) is 0 Å². The lowest BCUT2D eigenvalue weighted by atomic mass is 9.99. The van der Waals surface area contributed by atoms with Crippen molar-refractivity contribution in [2.75, 3.05) is 19.8 Å². The van der Waals surface area contributed by atoms with Gasteiger partial charge < -0.3 is 19.8 Å². The minimum absolute atomic E-state index is 0.0237. The number of aliphatic hydroxyl groups is 1. The standard InChI is InChI=1S/C20H23NO4/c1-14-7-8-18(22)17(11-14)20(24)21-9-10-25-13-16(21)12-19(23)15-5-3-2-4-6-15/h2-8,11,16,19,22-23H,9-10,12-13H2,1H3/t16-,19+/m0/s1. The van der Waals surface area contributed by atoms with Crippen LogP contribution < -0.4 is 0 Å². The summed E-state index contributed by atoms with van der Waals surface area (Å²) >= 11 is 0. The van der Waals surface area contributed by atoms with E-state index in [1.54, 1.807) is 17.0 Å². The van der Waals surface area contributed by atoms with Gasteiger partial charge >= 0.3 is 0 Å². The average molecular weight is 341 g/mol. The Morgan fingerprint density at radius 2 is 2.04 bits per heavy atom. The van der Waals surface area contributed by atoms with E-state index in [1.807, 2.05) is 37.3 Å². The molecule has 5 nitrogen and oxygen atoms in total. The zero-order valence-electron chi connectivity index (χ0n) is 14.3. The van der Waals surface area contributed by atoms with Crippen molar-refractivity contribution in [2.24, 2.45) is 0 Å². The molecule has 1 aliphatic rings. The summed E-state index contributed by atoms with van der Waals surface area (Å²) in [4.78, 5) is 14.6. The van der Waals surface area contributed by atoms with Crippen molar-refractivity contribution in [3.8, 4) is 5.75 Å². The molecule has 1 saturated heterocycles. The van der Waals surface area contributed by atoms with Gasteiger partial charge in [0.1, 0.15) is 5.75 Å². The lowest BCUT2D eigenvalue weighted by molar-refractivity contribution is -0.0175. The van der Waals surface area contributed by atoms with Crippen molar-refractivity contribution in [2.45, 2.75) is 25.5 Å². The second-order valence-electron chi connectivity index (χ2n) is 6.41. The van der Waals surface area contributed by atoms with Gasteiger partial charge in [0.05, 0.1) is 30.9 Å². The molecule has 0 bridgehead atoms. The normalized spacial score (nSPS) is 18.8. The molecule has 1 fully saturated rings. The summed E-state index contributed by atoms with van der Waals surface area (Å²) in [6.45, 7) is 3.16. The number of nitrogens with zero attached hydrogens (tertiary/aromatic N) is 1. The second kappa shape index (κ2) is 7.68. The van der Waals surface area contributed by atoms with E-state index >= 15 is 0 Å². The molecule has 1 heterocycles. The SMILES string of the molecule is Cc1ccc(O)c(C(=O)N2CCOC[C@@H]2C[C@@H](O)c2ccccc2)c1. The van der Waals surface area contributed by atoms with Gasteiger partial charge in [-0.2, -0.15) is 0 Å². The summed E-state index contributed by atoms with van der Waals surface area (Å²) in [6.07, 6.45) is -0.281. The maximum absolute atomic E-state index is 12.9. The Morgan fingerprint density at radius 3 is 2.80 bits per heavy atom. The summed E-state index contributed by atoms with van der Waals surface area (Å²) in [7, 11) is 0. The molecule has 3 rings (SSSR count). The van der Waals surface area contributed by atoms with E-state index in [0.717, 1.165) is 11.1 Å². The first-order valence-corrected chi connectivity index (χ1v) is 8.47. The number of aryl methyl sites for hydroxylation is 1. The Labute approximate surface area is 147 Å². The Bertz CT molecular complexity index is 732. The predicted molar refractivity (Wildman–Crippen MR) is 94.5 cm³/mol.